The Bertz CT molecular complexity index is 796. The summed E-state index contributed by atoms with van der Waals surface area (Å²) in [6.45, 7) is 0.372. The van der Waals surface area contributed by atoms with Crippen LogP contribution in [0.5, 0.6) is 5.75 Å². The number of ether oxygens (including phenoxy) is 1. The molecule has 0 fully saturated rings. The number of benzene rings is 2. The van der Waals surface area contributed by atoms with E-state index in [1.54, 1.807) is 18.3 Å². The van der Waals surface area contributed by atoms with Gasteiger partial charge in [0.25, 0.3) is 0 Å². The van der Waals surface area contributed by atoms with Gasteiger partial charge in [0, 0.05) is 21.6 Å². The van der Waals surface area contributed by atoms with Gasteiger partial charge in [0.2, 0.25) is 0 Å². The Labute approximate surface area is 130 Å². The molecule has 4 heteroatoms. The van der Waals surface area contributed by atoms with Crippen LogP contribution in [-0.2, 0) is 6.61 Å². The minimum absolute atomic E-state index is 0.372. The van der Waals surface area contributed by atoms with Crippen molar-refractivity contribution in [1.82, 2.24) is 4.98 Å². The van der Waals surface area contributed by atoms with Gasteiger partial charge in [0.1, 0.15) is 12.4 Å². The van der Waals surface area contributed by atoms with E-state index < -0.39 is 0 Å². The molecule has 0 unspecified atom stereocenters. The molecule has 3 nitrogen and oxygen atoms in total. The lowest BCUT2D eigenvalue weighted by atomic mass is 10.1. The largest absolute Gasteiger partial charge is 0.488 e. The van der Waals surface area contributed by atoms with Crippen LogP contribution in [0.15, 0.2) is 59.2 Å². The molecule has 0 atom stereocenters. The molecule has 104 valence electrons. The monoisotopic (exact) mass is 341 g/mol. The summed E-state index contributed by atoms with van der Waals surface area (Å²) in [5, 5.41) is 1.07. The number of carbonyl (C=O) groups is 1. The molecule has 3 rings (SSSR count). The first-order valence-electron chi connectivity index (χ1n) is 6.48. The van der Waals surface area contributed by atoms with Gasteiger partial charge in [-0.3, -0.25) is 9.78 Å². The van der Waals surface area contributed by atoms with Gasteiger partial charge in [-0.1, -0.05) is 40.2 Å². The Morgan fingerprint density at radius 1 is 1.14 bits per heavy atom. The normalized spacial score (nSPS) is 10.5. The average Bonchev–Trinajstić information content (AvgIpc) is 2.53. The summed E-state index contributed by atoms with van der Waals surface area (Å²) in [6, 6.07) is 15.3. The van der Waals surface area contributed by atoms with Gasteiger partial charge in [-0.25, -0.2) is 0 Å². The number of halogens is 1. The number of rotatable bonds is 4. The first-order chi connectivity index (χ1) is 10.3. The fourth-order valence-electron chi connectivity index (χ4n) is 2.18. The number of aldehydes is 1. The van der Waals surface area contributed by atoms with Gasteiger partial charge in [-0.05, 0) is 24.3 Å². The van der Waals surface area contributed by atoms with Crippen LogP contribution < -0.4 is 4.74 Å². The molecule has 2 aromatic carbocycles. The van der Waals surface area contributed by atoms with Crippen molar-refractivity contribution in [3.8, 4) is 5.75 Å². The number of para-hydroxylation sites is 1. The van der Waals surface area contributed by atoms with Crippen LogP contribution in [0.25, 0.3) is 10.9 Å². The van der Waals surface area contributed by atoms with E-state index in [1.807, 2.05) is 36.4 Å². The molecule has 21 heavy (non-hydrogen) atoms. The van der Waals surface area contributed by atoms with Crippen molar-refractivity contribution in [2.45, 2.75) is 6.61 Å². The SMILES string of the molecule is O=Cc1cc(Br)ccc1OCc1cccc2cccnc12. The molecule has 0 N–H and O–H groups in total. The molecule has 1 heterocycles. The number of aromatic nitrogens is 1. The molecule has 0 aliphatic carbocycles. The lowest BCUT2D eigenvalue weighted by Gasteiger charge is -2.10. The highest BCUT2D eigenvalue weighted by Gasteiger charge is 2.06. The van der Waals surface area contributed by atoms with E-state index in [2.05, 4.69) is 20.9 Å². The Morgan fingerprint density at radius 3 is 2.86 bits per heavy atom. The first kappa shape index (κ1) is 13.8. The molecule has 0 bridgehead atoms. The zero-order valence-electron chi connectivity index (χ0n) is 11.1. The number of nitrogens with zero attached hydrogens (tertiary/aromatic N) is 1. The topological polar surface area (TPSA) is 39.2 Å². The molecule has 0 aliphatic heterocycles. The second-order valence-corrected chi connectivity index (χ2v) is 5.50. The van der Waals surface area contributed by atoms with Crippen LogP contribution in [0.2, 0.25) is 0 Å². The average molecular weight is 342 g/mol. The quantitative estimate of drug-likeness (QED) is 0.660. The molecule has 0 saturated heterocycles. The summed E-state index contributed by atoms with van der Waals surface area (Å²) in [5.74, 6) is 0.570. The van der Waals surface area contributed by atoms with E-state index in [9.17, 15) is 4.79 Å². The highest BCUT2D eigenvalue weighted by molar-refractivity contribution is 9.10. The maximum Gasteiger partial charge on any atom is 0.153 e. The van der Waals surface area contributed by atoms with Crippen LogP contribution in [0.3, 0.4) is 0 Å². The number of hydrogen-bond donors (Lipinski definition) is 0. The summed E-state index contributed by atoms with van der Waals surface area (Å²) in [7, 11) is 0. The van der Waals surface area contributed by atoms with Crippen molar-refractivity contribution in [3.05, 3.63) is 70.3 Å². The minimum atomic E-state index is 0.372. The van der Waals surface area contributed by atoms with Gasteiger partial charge >= 0.3 is 0 Å². The van der Waals surface area contributed by atoms with E-state index in [4.69, 9.17) is 4.74 Å². The molecule has 0 aliphatic rings. The van der Waals surface area contributed by atoms with E-state index >= 15 is 0 Å². The molecule has 0 radical (unpaired) electrons. The Balaban J connectivity index is 1.89. The lowest BCUT2D eigenvalue weighted by molar-refractivity contribution is 0.111. The van der Waals surface area contributed by atoms with Gasteiger partial charge in [0.15, 0.2) is 6.29 Å². The predicted molar refractivity (Wildman–Crippen MR) is 85.6 cm³/mol. The fraction of sp³-hybridized carbons (Fsp3) is 0.0588. The van der Waals surface area contributed by atoms with Crippen LogP contribution in [-0.4, -0.2) is 11.3 Å². The summed E-state index contributed by atoms with van der Waals surface area (Å²) in [6.07, 6.45) is 2.56. The molecule has 3 aromatic rings. The molecule has 0 amide bonds. The highest BCUT2D eigenvalue weighted by atomic mass is 79.9. The van der Waals surface area contributed by atoms with Crippen LogP contribution >= 0.6 is 15.9 Å². The highest BCUT2D eigenvalue weighted by Crippen LogP contribution is 2.24. The summed E-state index contributed by atoms with van der Waals surface area (Å²) in [4.78, 5) is 15.5. The van der Waals surface area contributed by atoms with E-state index in [-0.39, 0.29) is 0 Å². The standard InChI is InChI=1S/C17H12BrNO2/c18-15-6-7-16(14(9-15)10-20)21-11-13-4-1-3-12-5-2-8-19-17(12)13/h1-10H,11H2. The van der Waals surface area contributed by atoms with Crippen molar-refractivity contribution in [3.63, 3.8) is 0 Å². The van der Waals surface area contributed by atoms with Crippen LogP contribution in [0.1, 0.15) is 15.9 Å². The third kappa shape index (κ3) is 2.95. The minimum Gasteiger partial charge on any atom is -0.488 e. The Morgan fingerprint density at radius 2 is 2.00 bits per heavy atom. The van der Waals surface area contributed by atoms with Crippen molar-refractivity contribution < 1.29 is 9.53 Å². The maximum atomic E-state index is 11.1. The van der Waals surface area contributed by atoms with E-state index in [1.165, 1.54) is 0 Å². The smallest absolute Gasteiger partial charge is 0.153 e. The van der Waals surface area contributed by atoms with Crippen LogP contribution in [0, 0.1) is 0 Å². The molecular weight excluding hydrogens is 330 g/mol. The zero-order valence-corrected chi connectivity index (χ0v) is 12.7. The van der Waals surface area contributed by atoms with Gasteiger partial charge in [0.05, 0.1) is 11.1 Å². The molecule has 0 spiro atoms. The molecule has 0 saturated carbocycles. The van der Waals surface area contributed by atoms with Gasteiger partial charge < -0.3 is 4.74 Å². The second-order valence-electron chi connectivity index (χ2n) is 4.58. The number of fused-ring (bicyclic) bond motifs is 1. The lowest BCUT2D eigenvalue weighted by Crippen LogP contribution is -1.99. The maximum absolute atomic E-state index is 11.1. The first-order valence-corrected chi connectivity index (χ1v) is 7.27. The van der Waals surface area contributed by atoms with Crippen molar-refractivity contribution in [2.24, 2.45) is 0 Å². The Hall–Kier alpha value is -2.20. The van der Waals surface area contributed by atoms with Gasteiger partial charge in [-0.2, -0.15) is 0 Å². The number of pyridine rings is 1. The van der Waals surface area contributed by atoms with Crippen molar-refractivity contribution in [1.29, 1.82) is 0 Å². The third-order valence-corrected chi connectivity index (χ3v) is 3.69. The second kappa shape index (κ2) is 6.06. The molecular formula is C17H12BrNO2. The number of hydrogen-bond acceptors (Lipinski definition) is 3. The summed E-state index contributed by atoms with van der Waals surface area (Å²) >= 11 is 3.34. The molecule has 1 aromatic heterocycles. The third-order valence-electron chi connectivity index (χ3n) is 3.20. The van der Waals surface area contributed by atoms with Crippen LogP contribution in [0.4, 0.5) is 0 Å². The zero-order chi connectivity index (χ0) is 14.7. The fourth-order valence-corrected chi connectivity index (χ4v) is 2.56. The predicted octanol–water partition coefficient (Wildman–Crippen LogP) is 4.39. The van der Waals surface area contributed by atoms with Gasteiger partial charge in [-0.15, -0.1) is 0 Å². The number of carbonyl (C=O) groups excluding carboxylic acids is 1. The Kier molecular flexibility index (Phi) is 3.97. The summed E-state index contributed by atoms with van der Waals surface area (Å²) in [5.41, 5.74) is 2.44. The van der Waals surface area contributed by atoms with E-state index in [0.717, 1.165) is 27.2 Å². The van der Waals surface area contributed by atoms with Crippen molar-refractivity contribution in [2.75, 3.05) is 0 Å². The summed E-state index contributed by atoms with van der Waals surface area (Å²) < 4.78 is 6.64. The van der Waals surface area contributed by atoms with E-state index in [0.29, 0.717) is 17.9 Å². The van der Waals surface area contributed by atoms with Crippen molar-refractivity contribution >= 4 is 33.1 Å².